The van der Waals surface area contributed by atoms with Crippen LogP contribution in [-0.4, -0.2) is 56.4 Å². The van der Waals surface area contributed by atoms with Crippen LogP contribution >= 0.6 is 0 Å². The molecule has 0 atom stereocenters. The highest BCUT2D eigenvalue weighted by Crippen LogP contribution is 2.33. The Balaban J connectivity index is 1.55. The topological polar surface area (TPSA) is 107 Å². The molecule has 0 fully saturated rings. The molecular formula is C27H34N2O7. The lowest BCUT2D eigenvalue weighted by molar-refractivity contribution is -0.129. The summed E-state index contributed by atoms with van der Waals surface area (Å²) < 4.78 is 22.1. The molecule has 194 valence electrons. The molecule has 1 aliphatic heterocycles. The zero-order valence-corrected chi connectivity index (χ0v) is 21.0. The Labute approximate surface area is 211 Å². The van der Waals surface area contributed by atoms with E-state index in [2.05, 4.69) is 0 Å². The van der Waals surface area contributed by atoms with Crippen molar-refractivity contribution in [1.29, 1.82) is 0 Å². The molecule has 1 heterocycles. The molecule has 1 aliphatic rings. The smallest absolute Gasteiger partial charge is 0.246 e. The molecule has 0 saturated heterocycles. The molecule has 0 unspecified atom stereocenters. The fourth-order valence-electron chi connectivity index (χ4n) is 4.05. The summed E-state index contributed by atoms with van der Waals surface area (Å²) in [4.78, 5) is 25.7. The Morgan fingerprint density at radius 3 is 2.33 bits per heavy atom. The number of methoxy groups -OCH3 is 3. The number of hydroxylamine groups is 1. The molecule has 2 N–H and O–H groups in total. The van der Waals surface area contributed by atoms with Gasteiger partial charge in [0.2, 0.25) is 11.8 Å². The van der Waals surface area contributed by atoms with Gasteiger partial charge in [0, 0.05) is 25.6 Å². The Bertz CT molecular complexity index is 1080. The summed E-state index contributed by atoms with van der Waals surface area (Å²) in [5.74, 6) is 2.10. The minimum Gasteiger partial charge on any atom is -0.493 e. The summed E-state index contributed by atoms with van der Waals surface area (Å²) in [5, 5.41) is 8.50. The number of benzene rings is 2. The number of nitrogens with zero attached hydrogens (tertiary/aromatic N) is 1. The maximum Gasteiger partial charge on any atom is 0.246 e. The molecule has 0 saturated carbocycles. The number of rotatable bonds is 12. The number of carbonyl (C=O) groups excluding carboxylic acids is 2. The first kappa shape index (κ1) is 26.9. The number of unbranched alkanes of at least 4 members (excludes halogenated alkanes) is 2. The van der Waals surface area contributed by atoms with Crippen LogP contribution in [0.3, 0.4) is 0 Å². The van der Waals surface area contributed by atoms with Gasteiger partial charge in [0.1, 0.15) is 0 Å². The first-order valence-electron chi connectivity index (χ1n) is 11.9. The summed E-state index contributed by atoms with van der Waals surface area (Å²) in [6.45, 7) is 1.63. The van der Waals surface area contributed by atoms with E-state index < -0.39 is 0 Å². The van der Waals surface area contributed by atoms with Crippen molar-refractivity contribution in [2.45, 2.75) is 38.6 Å². The van der Waals surface area contributed by atoms with Crippen molar-refractivity contribution in [3.8, 4) is 23.0 Å². The molecule has 0 radical (unpaired) electrons. The average Bonchev–Trinajstić information content (AvgIpc) is 2.92. The van der Waals surface area contributed by atoms with Gasteiger partial charge in [-0.2, -0.15) is 0 Å². The van der Waals surface area contributed by atoms with E-state index in [9.17, 15) is 9.59 Å². The fourth-order valence-corrected chi connectivity index (χ4v) is 4.05. The lowest BCUT2D eigenvalue weighted by atomic mass is 9.98. The van der Waals surface area contributed by atoms with E-state index in [1.54, 1.807) is 39.0 Å². The third kappa shape index (κ3) is 7.14. The van der Waals surface area contributed by atoms with Crippen molar-refractivity contribution < 1.29 is 33.7 Å². The van der Waals surface area contributed by atoms with E-state index in [0.29, 0.717) is 49.1 Å². The highest BCUT2D eigenvalue weighted by Gasteiger charge is 2.21. The first-order valence-corrected chi connectivity index (χ1v) is 11.9. The molecule has 0 spiro atoms. The predicted octanol–water partition coefficient (Wildman–Crippen LogP) is 3.76. The number of carbonyl (C=O) groups is 2. The summed E-state index contributed by atoms with van der Waals surface area (Å²) in [7, 11) is 4.79. The number of nitrogens with one attached hydrogen (secondary N) is 1. The van der Waals surface area contributed by atoms with E-state index in [-0.39, 0.29) is 18.2 Å². The second kappa shape index (κ2) is 13.4. The van der Waals surface area contributed by atoms with Crippen LogP contribution in [0.25, 0.3) is 6.08 Å². The minimum atomic E-state index is -0.384. The number of hydrogen-bond donors (Lipinski definition) is 2. The van der Waals surface area contributed by atoms with Gasteiger partial charge in [0.05, 0.1) is 27.9 Å². The van der Waals surface area contributed by atoms with Crippen molar-refractivity contribution in [2.24, 2.45) is 0 Å². The summed E-state index contributed by atoms with van der Waals surface area (Å²) >= 11 is 0. The predicted molar refractivity (Wildman–Crippen MR) is 135 cm³/mol. The van der Waals surface area contributed by atoms with Crippen LogP contribution < -0.4 is 24.4 Å². The number of ether oxygens (including phenoxy) is 4. The molecule has 0 aliphatic carbocycles. The lowest BCUT2D eigenvalue weighted by Gasteiger charge is -2.28. The van der Waals surface area contributed by atoms with Crippen LogP contribution in [-0.2, 0) is 22.6 Å². The fraction of sp³-hybridized carbons (Fsp3) is 0.407. The lowest BCUT2D eigenvalue weighted by Crippen LogP contribution is -2.34. The van der Waals surface area contributed by atoms with E-state index in [1.165, 1.54) is 0 Å². The minimum absolute atomic E-state index is 0.0652. The molecule has 9 nitrogen and oxygen atoms in total. The maximum atomic E-state index is 12.9. The number of fused-ring (bicyclic) bond motifs is 1. The number of amides is 2. The molecule has 9 heteroatoms. The van der Waals surface area contributed by atoms with Gasteiger partial charge in [0.25, 0.3) is 0 Å². The highest BCUT2D eigenvalue weighted by molar-refractivity contribution is 5.92. The molecule has 3 rings (SSSR count). The largest absolute Gasteiger partial charge is 0.493 e. The van der Waals surface area contributed by atoms with E-state index >= 15 is 0 Å². The summed E-state index contributed by atoms with van der Waals surface area (Å²) in [6.07, 6.45) is 6.63. The number of hydrogen-bond acceptors (Lipinski definition) is 7. The second-order valence-electron chi connectivity index (χ2n) is 8.42. The maximum absolute atomic E-state index is 12.9. The molecule has 2 aromatic rings. The molecule has 36 heavy (non-hydrogen) atoms. The van der Waals surface area contributed by atoms with Gasteiger partial charge in [0.15, 0.2) is 23.0 Å². The Morgan fingerprint density at radius 2 is 1.64 bits per heavy atom. The van der Waals surface area contributed by atoms with Crippen molar-refractivity contribution in [3.05, 3.63) is 53.1 Å². The van der Waals surface area contributed by atoms with E-state index in [1.807, 2.05) is 35.2 Å². The van der Waals surface area contributed by atoms with Gasteiger partial charge in [-0.05, 0) is 72.7 Å². The van der Waals surface area contributed by atoms with Crippen LogP contribution in [0.5, 0.6) is 23.0 Å². The summed E-state index contributed by atoms with van der Waals surface area (Å²) in [5.41, 5.74) is 4.67. The van der Waals surface area contributed by atoms with Crippen molar-refractivity contribution in [3.63, 3.8) is 0 Å². The third-order valence-electron chi connectivity index (χ3n) is 6.07. The molecular weight excluding hydrogens is 464 g/mol. The zero-order chi connectivity index (χ0) is 25.9. The van der Waals surface area contributed by atoms with Crippen molar-refractivity contribution in [1.82, 2.24) is 10.4 Å². The average molecular weight is 499 g/mol. The highest BCUT2D eigenvalue weighted by atomic mass is 16.5. The third-order valence-corrected chi connectivity index (χ3v) is 6.07. The van der Waals surface area contributed by atoms with Crippen LogP contribution in [0.4, 0.5) is 0 Å². The van der Waals surface area contributed by atoms with Gasteiger partial charge >= 0.3 is 0 Å². The Morgan fingerprint density at radius 1 is 0.944 bits per heavy atom. The summed E-state index contributed by atoms with van der Waals surface area (Å²) in [6, 6.07) is 9.44. The van der Waals surface area contributed by atoms with Gasteiger partial charge in [-0.3, -0.25) is 14.8 Å². The first-order chi connectivity index (χ1) is 17.5. The molecule has 0 bridgehead atoms. The Kier molecular flexibility index (Phi) is 10.00. The van der Waals surface area contributed by atoms with Crippen LogP contribution in [0.2, 0.25) is 0 Å². The monoisotopic (exact) mass is 498 g/mol. The quantitative estimate of drug-likeness (QED) is 0.199. The van der Waals surface area contributed by atoms with Gasteiger partial charge in [-0.25, -0.2) is 5.48 Å². The standard InChI is InChI=1S/C27H34N2O7/c1-33-23-15-19(8-10-22(23)36-14-6-4-5-7-26(30)28-32)9-11-27(31)29-13-12-20-16-24(34-2)25(35-3)17-21(20)18-29/h8-11,15-17,32H,4-7,12-14,18H2,1-3H3,(H,28,30). The zero-order valence-electron chi connectivity index (χ0n) is 21.0. The van der Waals surface area contributed by atoms with Crippen molar-refractivity contribution >= 4 is 17.9 Å². The van der Waals surface area contributed by atoms with Gasteiger partial charge < -0.3 is 23.8 Å². The van der Waals surface area contributed by atoms with Crippen molar-refractivity contribution in [2.75, 3.05) is 34.5 Å². The van der Waals surface area contributed by atoms with Crippen LogP contribution in [0.1, 0.15) is 42.4 Å². The van der Waals surface area contributed by atoms with E-state index in [0.717, 1.165) is 36.0 Å². The van der Waals surface area contributed by atoms with Gasteiger partial charge in [-0.15, -0.1) is 0 Å². The van der Waals surface area contributed by atoms with E-state index in [4.69, 9.17) is 24.2 Å². The second-order valence-corrected chi connectivity index (χ2v) is 8.42. The Hall–Kier alpha value is -3.72. The SMILES string of the molecule is COc1cc2c(cc1OC)CN(C(=O)C=Cc1ccc(OCCCCCC(=O)NO)c(OC)c1)CC2. The molecule has 2 aromatic carbocycles. The normalized spacial score (nSPS) is 12.7. The molecule has 2 amide bonds. The van der Waals surface area contributed by atoms with Crippen LogP contribution in [0.15, 0.2) is 36.4 Å². The van der Waals surface area contributed by atoms with Crippen LogP contribution in [0, 0.1) is 0 Å². The molecule has 0 aromatic heterocycles. The van der Waals surface area contributed by atoms with Gasteiger partial charge in [-0.1, -0.05) is 6.07 Å².